The van der Waals surface area contributed by atoms with Gasteiger partial charge >= 0.3 is 0 Å². The molecule has 3 heterocycles. The Balaban J connectivity index is 1.31. The van der Waals surface area contributed by atoms with Gasteiger partial charge in [-0.25, -0.2) is 8.42 Å². The molecule has 206 valence electrons. The summed E-state index contributed by atoms with van der Waals surface area (Å²) in [6, 6.07) is 13.6. The first-order valence-electron chi connectivity index (χ1n) is 13.4. The second kappa shape index (κ2) is 10.6. The number of anilines is 2. The van der Waals surface area contributed by atoms with E-state index >= 15 is 0 Å². The molecule has 1 fully saturated rings. The minimum absolute atomic E-state index is 0.0441. The van der Waals surface area contributed by atoms with Crippen molar-refractivity contribution >= 4 is 33.2 Å². The highest BCUT2D eigenvalue weighted by Gasteiger charge is 2.37. The lowest BCUT2D eigenvalue weighted by molar-refractivity contribution is -0.121. The predicted molar refractivity (Wildman–Crippen MR) is 150 cm³/mol. The van der Waals surface area contributed by atoms with E-state index in [0.29, 0.717) is 43.0 Å². The lowest BCUT2D eigenvalue weighted by atomic mass is 9.98. The third kappa shape index (κ3) is 5.23. The van der Waals surface area contributed by atoms with Gasteiger partial charge in [0.1, 0.15) is 11.4 Å². The van der Waals surface area contributed by atoms with Gasteiger partial charge in [-0.1, -0.05) is 24.3 Å². The molecule has 1 N–H and O–H groups in total. The van der Waals surface area contributed by atoms with Gasteiger partial charge in [0.15, 0.2) is 0 Å². The fourth-order valence-electron chi connectivity index (χ4n) is 5.59. The normalized spacial score (nSPS) is 17.7. The number of sulfonamides is 1. The first kappa shape index (κ1) is 27.1. The van der Waals surface area contributed by atoms with Crippen molar-refractivity contribution in [1.82, 2.24) is 14.1 Å². The Labute approximate surface area is 229 Å². The minimum atomic E-state index is -3.91. The maximum Gasteiger partial charge on any atom is 0.248 e. The maximum atomic E-state index is 13.8. The van der Waals surface area contributed by atoms with E-state index in [2.05, 4.69) is 10.4 Å². The molecule has 2 aliphatic rings. The quantitative estimate of drug-likeness (QED) is 0.504. The van der Waals surface area contributed by atoms with Crippen LogP contribution >= 0.6 is 0 Å². The average Bonchev–Trinajstić information content (AvgIpc) is 3.46. The Morgan fingerprint density at radius 1 is 1.03 bits per heavy atom. The van der Waals surface area contributed by atoms with Crippen molar-refractivity contribution in [2.45, 2.75) is 58.4 Å². The van der Waals surface area contributed by atoms with Crippen LogP contribution in [0, 0.1) is 33.6 Å². The summed E-state index contributed by atoms with van der Waals surface area (Å²) in [7, 11) is -3.91. The zero-order valence-corrected chi connectivity index (χ0v) is 23.7. The number of carbonyl (C=O) groups is 2. The molecule has 0 saturated carbocycles. The minimum Gasteiger partial charge on any atom is -0.326 e. The van der Waals surface area contributed by atoms with Gasteiger partial charge in [-0.2, -0.15) is 9.40 Å². The topological polar surface area (TPSA) is 105 Å². The van der Waals surface area contributed by atoms with Gasteiger partial charge in [-0.05, 0) is 81.8 Å². The van der Waals surface area contributed by atoms with Crippen LogP contribution in [0.5, 0.6) is 0 Å². The van der Waals surface area contributed by atoms with E-state index < -0.39 is 15.9 Å². The van der Waals surface area contributed by atoms with E-state index in [-0.39, 0.29) is 29.8 Å². The molecule has 1 unspecified atom stereocenters. The van der Waals surface area contributed by atoms with Crippen LogP contribution in [0.4, 0.5) is 11.4 Å². The predicted octanol–water partition coefficient (Wildman–Crippen LogP) is 3.75. The molecule has 2 amide bonds. The van der Waals surface area contributed by atoms with Crippen LogP contribution in [0.15, 0.2) is 47.4 Å². The van der Waals surface area contributed by atoms with Crippen LogP contribution in [0.2, 0.25) is 0 Å². The number of benzene rings is 2. The highest BCUT2D eigenvalue weighted by molar-refractivity contribution is 7.89. The van der Waals surface area contributed by atoms with Crippen LogP contribution in [0.1, 0.15) is 40.9 Å². The Hall–Kier alpha value is -3.50. The Kier molecular flexibility index (Phi) is 7.35. The number of aryl methyl sites for hydroxylation is 3. The third-order valence-corrected chi connectivity index (χ3v) is 10.0. The first-order valence-corrected chi connectivity index (χ1v) is 14.8. The van der Waals surface area contributed by atoms with Gasteiger partial charge in [0, 0.05) is 31.0 Å². The maximum absolute atomic E-state index is 13.8. The number of piperidine rings is 1. The van der Waals surface area contributed by atoms with Gasteiger partial charge in [-0.15, -0.1) is 0 Å². The molecule has 2 aliphatic heterocycles. The van der Waals surface area contributed by atoms with Crippen LogP contribution in [0.3, 0.4) is 0 Å². The summed E-state index contributed by atoms with van der Waals surface area (Å²) in [5, 5.41) is 7.40. The zero-order valence-electron chi connectivity index (χ0n) is 22.9. The second-order valence-corrected chi connectivity index (χ2v) is 12.4. The van der Waals surface area contributed by atoms with Gasteiger partial charge in [0.2, 0.25) is 21.8 Å². The number of para-hydroxylation sites is 1. The average molecular weight is 550 g/mol. The van der Waals surface area contributed by atoms with Gasteiger partial charge < -0.3 is 10.2 Å². The zero-order chi connectivity index (χ0) is 27.9. The second-order valence-electron chi connectivity index (χ2n) is 10.6. The van der Waals surface area contributed by atoms with E-state index in [1.54, 1.807) is 18.7 Å². The number of nitrogens with one attached hydrogen (secondary N) is 1. The molecule has 39 heavy (non-hydrogen) atoms. The number of hydrogen-bond donors (Lipinski definition) is 1. The summed E-state index contributed by atoms with van der Waals surface area (Å²) in [6.07, 6.45) is 2.00. The Morgan fingerprint density at radius 3 is 2.56 bits per heavy atom. The first-order chi connectivity index (χ1) is 18.6. The summed E-state index contributed by atoms with van der Waals surface area (Å²) in [5.41, 5.74) is 5.73. The van der Waals surface area contributed by atoms with Crippen molar-refractivity contribution < 1.29 is 18.0 Å². The number of rotatable bonds is 6. The summed E-state index contributed by atoms with van der Waals surface area (Å²) < 4.78 is 30.5. The number of fused-ring (bicyclic) bond motifs is 1. The smallest absolute Gasteiger partial charge is 0.248 e. The van der Waals surface area contributed by atoms with Crippen molar-refractivity contribution in [3.05, 3.63) is 70.5 Å². The number of aromatic nitrogens is 2. The SMILES string of the molecule is Cc1ccc(NC(=O)C2CCCN(S(=O)(=O)c3c(C)nn(CC(=O)N4CCc5ccccc54)c3C)C2)cc1C. The summed E-state index contributed by atoms with van der Waals surface area (Å²) >= 11 is 0. The molecular formula is C29H35N5O4S. The van der Waals surface area contributed by atoms with Crippen molar-refractivity contribution in [2.24, 2.45) is 5.92 Å². The van der Waals surface area contributed by atoms with Crippen LogP contribution in [-0.2, 0) is 32.6 Å². The van der Waals surface area contributed by atoms with Crippen molar-refractivity contribution in [3.63, 3.8) is 0 Å². The largest absolute Gasteiger partial charge is 0.326 e. The highest BCUT2D eigenvalue weighted by Crippen LogP contribution is 2.30. The van der Waals surface area contributed by atoms with E-state index in [4.69, 9.17) is 0 Å². The molecule has 0 spiro atoms. The number of hydrogen-bond acceptors (Lipinski definition) is 5. The van der Waals surface area contributed by atoms with Crippen molar-refractivity contribution in [3.8, 4) is 0 Å². The number of carbonyl (C=O) groups excluding carboxylic acids is 2. The Bertz CT molecular complexity index is 1540. The third-order valence-electron chi connectivity index (χ3n) is 7.92. The molecule has 0 radical (unpaired) electrons. The lowest BCUT2D eigenvalue weighted by Gasteiger charge is -2.31. The molecule has 3 aromatic rings. The van der Waals surface area contributed by atoms with E-state index in [1.807, 2.05) is 56.3 Å². The monoisotopic (exact) mass is 549 g/mol. The Morgan fingerprint density at radius 2 is 1.79 bits per heavy atom. The van der Waals surface area contributed by atoms with E-state index in [0.717, 1.165) is 28.8 Å². The van der Waals surface area contributed by atoms with Gasteiger partial charge in [0.05, 0.1) is 17.3 Å². The molecule has 5 rings (SSSR count). The van der Waals surface area contributed by atoms with Crippen LogP contribution in [-0.4, -0.2) is 54.0 Å². The lowest BCUT2D eigenvalue weighted by Crippen LogP contribution is -2.44. The standard InChI is InChI=1S/C29H35N5O4S/c1-19-11-12-25(16-20(19)2)30-29(36)24-9-7-14-32(17-24)39(37,38)28-21(3)31-34(22(28)4)18-27(35)33-15-13-23-8-5-6-10-26(23)33/h5-6,8,10-12,16,24H,7,9,13-15,17-18H2,1-4H3,(H,30,36). The van der Waals surface area contributed by atoms with Gasteiger partial charge in [0.25, 0.3) is 0 Å². The summed E-state index contributed by atoms with van der Waals surface area (Å²) in [6.45, 7) is 8.34. The van der Waals surface area contributed by atoms with E-state index in [9.17, 15) is 18.0 Å². The molecule has 1 aromatic heterocycles. The summed E-state index contributed by atoms with van der Waals surface area (Å²) in [4.78, 5) is 28.1. The fraction of sp³-hybridized carbons (Fsp3) is 0.414. The van der Waals surface area contributed by atoms with Crippen molar-refractivity contribution in [1.29, 1.82) is 0 Å². The molecule has 10 heteroatoms. The highest BCUT2D eigenvalue weighted by atomic mass is 32.2. The van der Waals surface area contributed by atoms with Crippen LogP contribution < -0.4 is 10.2 Å². The molecule has 0 aliphatic carbocycles. The molecule has 0 bridgehead atoms. The molecule has 1 saturated heterocycles. The number of nitrogens with zero attached hydrogens (tertiary/aromatic N) is 4. The van der Waals surface area contributed by atoms with E-state index in [1.165, 1.54) is 8.99 Å². The molecule has 9 nitrogen and oxygen atoms in total. The van der Waals surface area contributed by atoms with Gasteiger partial charge in [-0.3, -0.25) is 14.3 Å². The summed E-state index contributed by atoms with van der Waals surface area (Å²) in [5.74, 6) is -0.767. The van der Waals surface area contributed by atoms with Crippen molar-refractivity contribution in [2.75, 3.05) is 29.9 Å². The molecular weight excluding hydrogens is 514 g/mol. The van der Waals surface area contributed by atoms with Crippen LogP contribution in [0.25, 0.3) is 0 Å². The molecule has 2 aromatic carbocycles. The molecule has 1 atom stereocenters. The fourth-order valence-corrected chi connectivity index (χ4v) is 7.48. The number of amides is 2.